The van der Waals surface area contributed by atoms with Crippen LogP contribution in [0.25, 0.3) is 0 Å². The van der Waals surface area contributed by atoms with Gasteiger partial charge in [-0.05, 0) is 0 Å². The lowest BCUT2D eigenvalue weighted by Crippen LogP contribution is -2.46. The Balaban J connectivity index is 1.48. The van der Waals surface area contributed by atoms with Gasteiger partial charge in [-0.15, -0.1) is 0 Å². The van der Waals surface area contributed by atoms with Crippen molar-refractivity contribution in [1.29, 1.82) is 0 Å². The highest BCUT2D eigenvalue weighted by molar-refractivity contribution is 7.85. The van der Waals surface area contributed by atoms with Crippen LogP contribution in [0.2, 0.25) is 0 Å². The molecule has 5 N–H and O–H groups in total. The highest BCUT2D eigenvalue weighted by atomic mass is 31.2. The van der Waals surface area contributed by atoms with E-state index >= 15 is 0 Å². The summed E-state index contributed by atoms with van der Waals surface area (Å²) in [7, 11) is 2.66. The lowest BCUT2D eigenvalue weighted by Gasteiger charge is -2.30. The number of nitrogen functional groups attached to an aromatic ring is 1. The van der Waals surface area contributed by atoms with Gasteiger partial charge in [0.25, 0.3) is 5.56 Å². The number of nitrogens with zero attached hydrogens (tertiary/aromatic N) is 2. The molecule has 3 aliphatic heterocycles. The minimum Gasteiger partial charge on any atom is -0.434 e. The third-order valence-electron chi connectivity index (χ3n) is 4.42. The molecule has 4 heterocycles. The molecule has 1 aromatic rings. The molecule has 0 aromatic carbocycles. The van der Waals surface area contributed by atoms with E-state index < -0.39 is 50.7 Å². The lowest BCUT2D eigenvalue weighted by molar-refractivity contribution is -0.149. The van der Waals surface area contributed by atoms with Gasteiger partial charge in [0, 0.05) is 6.92 Å². The number of ether oxygens (including phenoxy) is 2. The zero-order valence-electron chi connectivity index (χ0n) is 14.7. The Bertz CT molecular complexity index is 844. The van der Waals surface area contributed by atoms with E-state index in [1.165, 1.54) is 6.92 Å². The number of nitrogens with one attached hydrogen (secondary N) is 2. The number of hydrogen-bond acceptors (Lipinski definition) is 12. The molecule has 0 aliphatic carbocycles. The molecule has 5 atom stereocenters. The van der Waals surface area contributed by atoms with Crippen molar-refractivity contribution in [2.45, 2.75) is 31.5 Å². The fourth-order valence-electron chi connectivity index (χ4n) is 3.16. The quantitative estimate of drug-likeness (QED) is 0.193. The van der Waals surface area contributed by atoms with Crippen LogP contribution in [0.5, 0.6) is 0 Å². The van der Waals surface area contributed by atoms with Crippen LogP contribution < -0.4 is 21.5 Å². The molecule has 2 radical (unpaired) electrons. The molecule has 0 amide bonds. The Labute approximate surface area is 160 Å². The number of rotatable bonds is 4. The molecule has 0 spiro atoms. The Morgan fingerprint density at radius 3 is 3.11 bits per heavy atom. The molecule has 0 saturated carbocycles. The van der Waals surface area contributed by atoms with E-state index in [4.69, 9.17) is 31.6 Å². The van der Waals surface area contributed by atoms with E-state index in [-0.39, 0.29) is 30.7 Å². The fraction of sp³-hybridized carbons (Fsp3) is 0.615. The van der Waals surface area contributed by atoms with Gasteiger partial charge in [-0.3, -0.25) is 14.6 Å². The first-order valence-electron chi connectivity index (χ1n) is 8.30. The van der Waals surface area contributed by atoms with Gasteiger partial charge in [-0.2, -0.15) is 18.6 Å². The predicted octanol–water partition coefficient (Wildman–Crippen LogP) is -1.57. The number of hydrogen-bond donors (Lipinski definition) is 4. The summed E-state index contributed by atoms with van der Waals surface area (Å²) in [6.07, 6.45) is -3.51. The van der Waals surface area contributed by atoms with Crippen molar-refractivity contribution in [3.05, 3.63) is 10.4 Å². The highest BCUT2D eigenvalue weighted by Gasteiger charge is 2.59. The van der Waals surface area contributed by atoms with Gasteiger partial charge in [-0.25, -0.2) is 0 Å². The number of nitrogens with two attached hydrogens (primary N) is 1. The van der Waals surface area contributed by atoms with Crippen molar-refractivity contribution in [2.75, 3.05) is 36.0 Å². The van der Waals surface area contributed by atoms with Gasteiger partial charge in [0.15, 0.2) is 18.1 Å². The molecule has 4 rings (SSSR count). The van der Waals surface area contributed by atoms with E-state index in [9.17, 15) is 14.7 Å². The third kappa shape index (κ3) is 3.43. The molecule has 2 saturated heterocycles. The Morgan fingerprint density at radius 2 is 2.36 bits per heavy atom. The summed E-state index contributed by atoms with van der Waals surface area (Å²) in [6, 6.07) is 0. The van der Waals surface area contributed by atoms with Crippen LogP contribution in [0.4, 0.5) is 17.5 Å². The summed E-state index contributed by atoms with van der Waals surface area (Å²) < 4.78 is 26.8. The van der Waals surface area contributed by atoms with E-state index in [2.05, 4.69) is 20.0 Å². The molecule has 28 heavy (non-hydrogen) atoms. The molecule has 13 nitrogen and oxygen atoms in total. The average Bonchev–Trinajstić information content (AvgIpc) is 3.16. The highest BCUT2D eigenvalue weighted by Crippen LogP contribution is 2.62. The van der Waals surface area contributed by atoms with Crippen LogP contribution in [0.15, 0.2) is 4.79 Å². The van der Waals surface area contributed by atoms with Crippen molar-refractivity contribution in [2.24, 2.45) is 0 Å². The van der Waals surface area contributed by atoms with Gasteiger partial charge in [0.1, 0.15) is 24.5 Å². The van der Waals surface area contributed by atoms with Crippen LogP contribution in [0.1, 0.15) is 6.92 Å². The minimum atomic E-state index is -3.31. The van der Waals surface area contributed by atoms with Crippen LogP contribution in [0.3, 0.4) is 0 Å². The summed E-state index contributed by atoms with van der Waals surface area (Å²) in [5.74, 6) is -0.356. The number of H-pyrrole nitrogens is 1. The summed E-state index contributed by atoms with van der Waals surface area (Å²) >= 11 is 0. The standard InChI is InChI=1S/C13H18BN5O8P/c1-5(20)23-4-25-28(14)24-2-6-9(27-28)8(21)12(26-6)19-3-16-7-10(19)17-13(15)18-11(7)22/h6,8-9,12,16,21H,2-4H2,1H3,(H3,15,17,18,22)/q+1/t6-,8?,9-,12?,28?/m1/s1. The number of aliphatic hydroxyl groups is 1. The summed E-state index contributed by atoms with van der Waals surface area (Å²) in [4.78, 5) is 30.9. The molecular formula is C13H18BN5O8P+. The Morgan fingerprint density at radius 1 is 1.57 bits per heavy atom. The van der Waals surface area contributed by atoms with Crippen molar-refractivity contribution < 1.29 is 32.9 Å². The SMILES string of the molecule is [B][P+]1(OCOC(C)=O)OC[C@H]2OC(N3CNc4c3nc(N)[nH]c4=O)C(O)[C@@H]2O1. The number of carbonyl (C=O) groups is 1. The molecule has 3 unspecified atom stereocenters. The van der Waals surface area contributed by atoms with Gasteiger partial charge in [0.05, 0.1) is 6.67 Å². The van der Waals surface area contributed by atoms with Gasteiger partial charge in [0.2, 0.25) is 12.7 Å². The zero-order chi connectivity index (χ0) is 20.1. The number of carbonyl (C=O) groups excluding carboxylic acids is 1. The third-order valence-corrected chi connectivity index (χ3v) is 5.93. The molecule has 1 aromatic heterocycles. The summed E-state index contributed by atoms with van der Waals surface area (Å²) in [6.45, 7) is 0.952. The first-order chi connectivity index (χ1) is 13.3. The molecule has 15 heteroatoms. The number of aliphatic hydroxyl groups excluding tert-OH is 1. The second-order valence-electron chi connectivity index (χ2n) is 6.30. The van der Waals surface area contributed by atoms with Crippen molar-refractivity contribution in [3.8, 4) is 0 Å². The molecule has 2 fully saturated rings. The first kappa shape index (κ1) is 19.4. The number of esters is 1. The van der Waals surface area contributed by atoms with Crippen molar-refractivity contribution in [1.82, 2.24) is 9.97 Å². The smallest absolute Gasteiger partial charge is 0.434 e. The number of aromatic amines is 1. The van der Waals surface area contributed by atoms with Gasteiger partial charge >= 0.3 is 21.4 Å². The largest absolute Gasteiger partial charge is 0.488 e. The normalized spacial score (nSPS) is 33.9. The van der Waals surface area contributed by atoms with Crippen LogP contribution in [0, 0.1) is 0 Å². The van der Waals surface area contributed by atoms with E-state index in [0.29, 0.717) is 0 Å². The monoisotopic (exact) mass is 414 g/mol. The summed E-state index contributed by atoms with van der Waals surface area (Å²) in [5.41, 5.74) is 5.41. The maximum atomic E-state index is 12.0. The number of fused-ring (bicyclic) bond motifs is 2. The topological polar surface area (TPSA) is 170 Å². The van der Waals surface area contributed by atoms with E-state index in [1.807, 2.05) is 0 Å². The minimum absolute atomic E-state index is 0.00163. The predicted molar refractivity (Wildman–Crippen MR) is 96.1 cm³/mol. The summed E-state index contributed by atoms with van der Waals surface area (Å²) in [5, 5.41) is 13.6. The second-order valence-corrected chi connectivity index (χ2v) is 8.11. The molecule has 150 valence electrons. The first-order valence-corrected chi connectivity index (χ1v) is 9.91. The second kappa shape index (κ2) is 7.14. The zero-order valence-corrected chi connectivity index (χ0v) is 15.6. The fourth-order valence-corrected chi connectivity index (χ4v) is 4.51. The van der Waals surface area contributed by atoms with E-state index in [0.717, 1.165) is 0 Å². The Hall–Kier alpha value is -1.96. The molecule has 3 aliphatic rings. The van der Waals surface area contributed by atoms with Crippen molar-refractivity contribution in [3.63, 3.8) is 0 Å². The van der Waals surface area contributed by atoms with Crippen LogP contribution in [-0.2, 0) is 27.8 Å². The van der Waals surface area contributed by atoms with E-state index in [1.54, 1.807) is 4.90 Å². The molecular weight excluding hydrogens is 396 g/mol. The van der Waals surface area contributed by atoms with Crippen LogP contribution >= 0.6 is 7.82 Å². The maximum Gasteiger partial charge on any atom is 0.488 e. The maximum absolute atomic E-state index is 12.0. The average molecular weight is 414 g/mol. The Kier molecular flexibility index (Phi) is 4.94. The van der Waals surface area contributed by atoms with Gasteiger partial charge in [-0.1, -0.05) is 0 Å². The van der Waals surface area contributed by atoms with Crippen molar-refractivity contribution >= 4 is 38.8 Å². The van der Waals surface area contributed by atoms with Gasteiger partial charge < -0.3 is 30.5 Å². The number of anilines is 3. The van der Waals surface area contributed by atoms with Crippen LogP contribution in [-0.4, -0.2) is 73.2 Å². The molecule has 0 bridgehead atoms. The number of aromatic nitrogens is 2. The lowest BCUT2D eigenvalue weighted by atomic mass is 10.1.